The molecule has 2 atom stereocenters. The number of morpholine rings is 1. The highest BCUT2D eigenvalue weighted by atomic mass is 16.5. The monoisotopic (exact) mass is 306 g/mol. The Morgan fingerprint density at radius 3 is 2.77 bits per heavy atom. The molecule has 1 aliphatic heterocycles. The minimum Gasteiger partial charge on any atom is -0.393 e. The maximum absolute atomic E-state index is 12.5. The molecule has 2 amide bonds. The van der Waals surface area contributed by atoms with Gasteiger partial charge in [-0.05, 0) is 43.9 Å². The molecule has 5 heteroatoms. The average Bonchev–Trinajstić information content (AvgIpc) is 2.46. The number of hydrogen-bond donors (Lipinski definition) is 2. The van der Waals surface area contributed by atoms with Crippen LogP contribution in [-0.2, 0) is 11.3 Å². The molecule has 2 rings (SSSR count). The van der Waals surface area contributed by atoms with Gasteiger partial charge in [-0.2, -0.15) is 0 Å². The van der Waals surface area contributed by atoms with Crippen molar-refractivity contribution in [2.45, 2.75) is 45.9 Å². The summed E-state index contributed by atoms with van der Waals surface area (Å²) < 4.78 is 5.43. The van der Waals surface area contributed by atoms with Crippen molar-refractivity contribution in [3.05, 3.63) is 34.9 Å². The van der Waals surface area contributed by atoms with E-state index in [-0.39, 0.29) is 12.1 Å². The topological polar surface area (TPSA) is 61.8 Å². The normalized spacial score (nSPS) is 19.8. The van der Waals surface area contributed by atoms with Crippen LogP contribution in [0.2, 0.25) is 0 Å². The molecule has 22 heavy (non-hydrogen) atoms. The van der Waals surface area contributed by atoms with Crippen LogP contribution in [0.3, 0.4) is 0 Å². The van der Waals surface area contributed by atoms with E-state index in [1.165, 1.54) is 11.1 Å². The second-order valence-corrected chi connectivity index (χ2v) is 6.04. The van der Waals surface area contributed by atoms with Crippen molar-refractivity contribution >= 4 is 6.03 Å². The summed E-state index contributed by atoms with van der Waals surface area (Å²) in [4.78, 5) is 14.2. The molecule has 1 aliphatic rings. The van der Waals surface area contributed by atoms with Crippen LogP contribution in [0.15, 0.2) is 18.2 Å². The van der Waals surface area contributed by atoms with Gasteiger partial charge in [-0.3, -0.25) is 0 Å². The molecular formula is C17H26N2O3. The number of amides is 2. The molecule has 0 spiro atoms. The third kappa shape index (κ3) is 4.21. The van der Waals surface area contributed by atoms with E-state index >= 15 is 0 Å². The van der Waals surface area contributed by atoms with E-state index in [1.54, 1.807) is 11.8 Å². The van der Waals surface area contributed by atoms with Crippen LogP contribution < -0.4 is 5.32 Å². The Morgan fingerprint density at radius 2 is 2.14 bits per heavy atom. The lowest BCUT2D eigenvalue weighted by molar-refractivity contribution is -0.00438. The maximum atomic E-state index is 12.5. The maximum Gasteiger partial charge on any atom is 0.318 e. The number of nitrogens with one attached hydrogen (secondary N) is 1. The second-order valence-electron chi connectivity index (χ2n) is 6.04. The lowest BCUT2D eigenvalue weighted by Crippen LogP contribution is -2.53. The van der Waals surface area contributed by atoms with Crippen LogP contribution in [0, 0.1) is 13.8 Å². The fourth-order valence-corrected chi connectivity index (χ4v) is 2.90. The van der Waals surface area contributed by atoms with Gasteiger partial charge >= 0.3 is 6.03 Å². The van der Waals surface area contributed by atoms with Gasteiger partial charge in [0.2, 0.25) is 0 Å². The second kappa shape index (κ2) is 7.61. The molecule has 0 saturated carbocycles. The molecule has 0 radical (unpaired) electrons. The van der Waals surface area contributed by atoms with E-state index in [2.05, 4.69) is 31.3 Å². The number of aryl methyl sites for hydroxylation is 2. The predicted octanol–water partition coefficient (Wildman–Crippen LogP) is 1.98. The first kappa shape index (κ1) is 16.8. The molecular weight excluding hydrogens is 280 g/mol. The Kier molecular flexibility index (Phi) is 5.80. The van der Waals surface area contributed by atoms with Gasteiger partial charge in [0.05, 0.1) is 25.4 Å². The van der Waals surface area contributed by atoms with Crippen LogP contribution in [0.5, 0.6) is 0 Å². The number of nitrogens with zero attached hydrogens (tertiary/aromatic N) is 1. The van der Waals surface area contributed by atoms with E-state index in [1.807, 2.05) is 6.07 Å². The molecule has 1 aromatic carbocycles. The zero-order chi connectivity index (χ0) is 16.1. The van der Waals surface area contributed by atoms with E-state index in [0.29, 0.717) is 32.7 Å². The Labute approximate surface area is 132 Å². The molecule has 1 fully saturated rings. The smallest absolute Gasteiger partial charge is 0.318 e. The van der Waals surface area contributed by atoms with Crippen LogP contribution in [-0.4, -0.2) is 47.9 Å². The summed E-state index contributed by atoms with van der Waals surface area (Å²) in [5.74, 6) is 0. The molecule has 1 saturated heterocycles. The van der Waals surface area contributed by atoms with E-state index in [9.17, 15) is 9.90 Å². The molecule has 0 aromatic heterocycles. The van der Waals surface area contributed by atoms with Crippen molar-refractivity contribution in [1.29, 1.82) is 0 Å². The Bertz CT molecular complexity index is 496. The summed E-state index contributed by atoms with van der Waals surface area (Å²) in [5.41, 5.74) is 3.53. The van der Waals surface area contributed by atoms with Gasteiger partial charge < -0.3 is 20.1 Å². The SMILES string of the molecule is Cc1cccc(C)c1CNC(=O)N1CCOC[C@H]1C[C@H](C)O. The fraction of sp³-hybridized carbons (Fsp3) is 0.588. The molecule has 0 unspecified atom stereocenters. The third-order valence-corrected chi connectivity index (χ3v) is 4.16. The van der Waals surface area contributed by atoms with Crippen LogP contribution in [0.1, 0.15) is 30.0 Å². The summed E-state index contributed by atoms with van der Waals surface area (Å²) in [5, 5.41) is 12.6. The van der Waals surface area contributed by atoms with Gasteiger partial charge in [-0.25, -0.2) is 4.79 Å². The molecule has 2 N–H and O–H groups in total. The molecule has 0 aliphatic carbocycles. The highest BCUT2D eigenvalue weighted by Gasteiger charge is 2.28. The predicted molar refractivity (Wildman–Crippen MR) is 85.8 cm³/mol. The van der Waals surface area contributed by atoms with Crippen LogP contribution in [0.25, 0.3) is 0 Å². The lowest BCUT2D eigenvalue weighted by atomic mass is 10.0. The number of rotatable bonds is 4. The van der Waals surface area contributed by atoms with Crippen molar-refractivity contribution in [2.24, 2.45) is 0 Å². The van der Waals surface area contributed by atoms with E-state index in [4.69, 9.17) is 4.74 Å². The Hall–Kier alpha value is -1.59. The van der Waals surface area contributed by atoms with Gasteiger partial charge in [-0.1, -0.05) is 18.2 Å². The third-order valence-electron chi connectivity index (χ3n) is 4.16. The number of benzene rings is 1. The standard InChI is InChI=1S/C17H26N2O3/c1-12-5-4-6-13(2)16(12)10-18-17(21)19-7-8-22-11-15(19)9-14(3)20/h4-6,14-15,20H,7-11H2,1-3H3,(H,18,21)/t14-,15+/m0/s1. The van der Waals surface area contributed by atoms with Crippen molar-refractivity contribution in [1.82, 2.24) is 10.2 Å². The number of urea groups is 1. The van der Waals surface area contributed by atoms with Gasteiger partial charge in [0, 0.05) is 13.1 Å². The number of carbonyl (C=O) groups excluding carboxylic acids is 1. The summed E-state index contributed by atoms with van der Waals surface area (Å²) in [7, 11) is 0. The number of ether oxygens (including phenoxy) is 1. The van der Waals surface area contributed by atoms with Gasteiger partial charge in [0.25, 0.3) is 0 Å². The zero-order valence-electron chi connectivity index (χ0n) is 13.6. The van der Waals surface area contributed by atoms with Crippen LogP contribution in [0.4, 0.5) is 4.79 Å². The largest absolute Gasteiger partial charge is 0.393 e. The summed E-state index contributed by atoms with van der Waals surface area (Å²) >= 11 is 0. The number of hydrogen-bond acceptors (Lipinski definition) is 3. The summed E-state index contributed by atoms with van der Waals surface area (Å²) in [6.07, 6.45) is 0.0946. The van der Waals surface area contributed by atoms with Crippen molar-refractivity contribution in [3.63, 3.8) is 0 Å². The van der Waals surface area contributed by atoms with Gasteiger partial charge in [-0.15, -0.1) is 0 Å². The lowest BCUT2D eigenvalue weighted by Gasteiger charge is -2.36. The fourth-order valence-electron chi connectivity index (χ4n) is 2.90. The number of carbonyl (C=O) groups is 1. The van der Waals surface area contributed by atoms with Gasteiger partial charge in [0.1, 0.15) is 0 Å². The Balaban J connectivity index is 1.98. The first-order valence-electron chi connectivity index (χ1n) is 7.84. The summed E-state index contributed by atoms with van der Waals surface area (Å²) in [6.45, 7) is 7.97. The summed E-state index contributed by atoms with van der Waals surface area (Å²) in [6, 6.07) is 5.98. The molecule has 122 valence electrons. The van der Waals surface area contributed by atoms with Crippen LogP contribution >= 0.6 is 0 Å². The first-order valence-corrected chi connectivity index (χ1v) is 7.84. The highest BCUT2D eigenvalue weighted by Crippen LogP contribution is 2.15. The average molecular weight is 306 g/mol. The molecule has 1 aromatic rings. The number of aliphatic hydroxyl groups excluding tert-OH is 1. The molecule has 1 heterocycles. The van der Waals surface area contributed by atoms with E-state index in [0.717, 1.165) is 5.56 Å². The first-order chi connectivity index (χ1) is 10.5. The van der Waals surface area contributed by atoms with E-state index < -0.39 is 6.10 Å². The quantitative estimate of drug-likeness (QED) is 0.894. The molecule has 5 nitrogen and oxygen atoms in total. The van der Waals surface area contributed by atoms with Crippen molar-refractivity contribution in [3.8, 4) is 0 Å². The number of aliphatic hydroxyl groups is 1. The zero-order valence-corrected chi connectivity index (χ0v) is 13.6. The Morgan fingerprint density at radius 1 is 1.45 bits per heavy atom. The van der Waals surface area contributed by atoms with Crippen molar-refractivity contribution in [2.75, 3.05) is 19.8 Å². The molecule has 0 bridgehead atoms. The highest BCUT2D eigenvalue weighted by molar-refractivity contribution is 5.74. The minimum atomic E-state index is -0.444. The minimum absolute atomic E-state index is 0.0632. The van der Waals surface area contributed by atoms with Crippen molar-refractivity contribution < 1.29 is 14.6 Å². The van der Waals surface area contributed by atoms with Gasteiger partial charge in [0.15, 0.2) is 0 Å².